The lowest BCUT2D eigenvalue weighted by molar-refractivity contribution is 0.642. The van der Waals surface area contributed by atoms with Crippen LogP contribution < -0.4 is 5.73 Å². The number of aromatic nitrogens is 3. The standard InChI is InChI=1S/C13H16N4/c1-8(9-4-5-9)12-11(13(14)17-16-12)10-3-2-6-15-7-10/h2-3,6-9H,4-5H2,1H3,(H3,14,16,17). The predicted octanol–water partition coefficient (Wildman–Crippen LogP) is 2.57. The van der Waals surface area contributed by atoms with Crippen molar-refractivity contribution in [3.05, 3.63) is 30.2 Å². The number of aromatic amines is 1. The molecule has 0 spiro atoms. The molecule has 4 nitrogen and oxygen atoms in total. The zero-order chi connectivity index (χ0) is 11.8. The van der Waals surface area contributed by atoms with Gasteiger partial charge in [-0.2, -0.15) is 5.10 Å². The van der Waals surface area contributed by atoms with Gasteiger partial charge in [0, 0.05) is 35.1 Å². The number of nitrogens with zero attached hydrogens (tertiary/aromatic N) is 2. The Morgan fingerprint density at radius 2 is 2.29 bits per heavy atom. The van der Waals surface area contributed by atoms with E-state index < -0.39 is 0 Å². The van der Waals surface area contributed by atoms with Crippen molar-refractivity contribution in [2.24, 2.45) is 5.92 Å². The highest BCUT2D eigenvalue weighted by Crippen LogP contribution is 2.45. The topological polar surface area (TPSA) is 67.6 Å². The Hall–Kier alpha value is -1.84. The van der Waals surface area contributed by atoms with Crippen LogP contribution in [0, 0.1) is 5.92 Å². The summed E-state index contributed by atoms with van der Waals surface area (Å²) in [6.45, 7) is 2.24. The van der Waals surface area contributed by atoms with Crippen molar-refractivity contribution in [2.75, 3.05) is 5.73 Å². The van der Waals surface area contributed by atoms with Crippen LogP contribution in [0.2, 0.25) is 0 Å². The number of rotatable bonds is 3. The van der Waals surface area contributed by atoms with Crippen molar-refractivity contribution in [3.63, 3.8) is 0 Å². The van der Waals surface area contributed by atoms with Crippen molar-refractivity contribution in [3.8, 4) is 11.1 Å². The minimum atomic E-state index is 0.495. The first-order chi connectivity index (χ1) is 8.27. The molecular formula is C13H16N4. The van der Waals surface area contributed by atoms with Crippen LogP contribution in [0.3, 0.4) is 0 Å². The molecular weight excluding hydrogens is 212 g/mol. The first-order valence-corrected chi connectivity index (χ1v) is 6.01. The first-order valence-electron chi connectivity index (χ1n) is 6.01. The van der Waals surface area contributed by atoms with Gasteiger partial charge in [0.25, 0.3) is 0 Å². The molecule has 2 heterocycles. The fourth-order valence-electron chi connectivity index (χ4n) is 2.35. The Kier molecular flexibility index (Phi) is 2.35. The molecule has 1 fully saturated rings. The molecule has 0 saturated heterocycles. The van der Waals surface area contributed by atoms with Gasteiger partial charge in [0.1, 0.15) is 0 Å². The number of H-pyrrole nitrogens is 1. The van der Waals surface area contributed by atoms with Crippen LogP contribution >= 0.6 is 0 Å². The van der Waals surface area contributed by atoms with Crippen molar-refractivity contribution in [1.29, 1.82) is 0 Å². The molecule has 0 bridgehead atoms. The molecule has 0 aliphatic heterocycles. The summed E-state index contributed by atoms with van der Waals surface area (Å²) in [4.78, 5) is 4.15. The quantitative estimate of drug-likeness (QED) is 0.848. The maximum Gasteiger partial charge on any atom is 0.153 e. The minimum Gasteiger partial charge on any atom is -0.382 e. The first kappa shape index (κ1) is 10.3. The summed E-state index contributed by atoms with van der Waals surface area (Å²) in [7, 11) is 0. The van der Waals surface area contributed by atoms with Gasteiger partial charge in [-0.05, 0) is 24.8 Å². The molecule has 3 N–H and O–H groups in total. The highest BCUT2D eigenvalue weighted by molar-refractivity contribution is 5.76. The van der Waals surface area contributed by atoms with E-state index in [1.165, 1.54) is 12.8 Å². The van der Waals surface area contributed by atoms with Gasteiger partial charge in [-0.3, -0.25) is 10.1 Å². The summed E-state index contributed by atoms with van der Waals surface area (Å²) in [5.74, 6) is 1.85. The van der Waals surface area contributed by atoms with E-state index in [2.05, 4.69) is 22.1 Å². The van der Waals surface area contributed by atoms with E-state index in [1.54, 1.807) is 6.20 Å². The fraction of sp³-hybridized carbons (Fsp3) is 0.385. The number of anilines is 1. The van der Waals surface area contributed by atoms with Crippen LogP contribution in [0.1, 0.15) is 31.4 Å². The van der Waals surface area contributed by atoms with Crippen LogP contribution in [-0.4, -0.2) is 15.2 Å². The summed E-state index contributed by atoms with van der Waals surface area (Å²) < 4.78 is 0. The molecule has 1 saturated carbocycles. The zero-order valence-corrected chi connectivity index (χ0v) is 9.85. The van der Waals surface area contributed by atoms with Crippen LogP contribution in [0.25, 0.3) is 11.1 Å². The maximum absolute atomic E-state index is 5.96. The summed E-state index contributed by atoms with van der Waals surface area (Å²) >= 11 is 0. The van der Waals surface area contributed by atoms with Crippen LogP contribution in [0.15, 0.2) is 24.5 Å². The van der Waals surface area contributed by atoms with E-state index in [-0.39, 0.29) is 0 Å². The van der Waals surface area contributed by atoms with Gasteiger partial charge >= 0.3 is 0 Å². The Bertz CT molecular complexity index is 513. The average molecular weight is 228 g/mol. The molecule has 1 atom stereocenters. The van der Waals surface area contributed by atoms with E-state index in [0.29, 0.717) is 11.7 Å². The molecule has 17 heavy (non-hydrogen) atoms. The Balaban J connectivity index is 2.06. The van der Waals surface area contributed by atoms with E-state index in [1.807, 2.05) is 18.3 Å². The Labute approximate surface area is 100 Å². The number of hydrogen-bond donors (Lipinski definition) is 2. The largest absolute Gasteiger partial charge is 0.382 e. The van der Waals surface area contributed by atoms with Crippen LogP contribution in [-0.2, 0) is 0 Å². The van der Waals surface area contributed by atoms with E-state index >= 15 is 0 Å². The van der Waals surface area contributed by atoms with Crippen molar-refractivity contribution in [2.45, 2.75) is 25.7 Å². The molecule has 2 aromatic rings. The normalized spacial score (nSPS) is 17.0. The Morgan fingerprint density at radius 3 is 2.94 bits per heavy atom. The van der Waals surface area contributed by atoms with Gasteiger partial charge in [-0.1, -0.05) is 13.0 Å². The Morgan fingerprint density at radius 1 is 1.47 bits per heavy atom. The number of pyridine rings is 1. The van der Waals surface area contributed by atoms with E-state index in [4.69, 9.17) is 5.73 Å². The van der Waals surface area contributed by atoms with Gasteiger partial charge in [-0.15, -0.1) is 0 Å². The molecule has 2 aromatic heterocycles. The molecule has 3 rings (SSSR count). The number of hydrogen-bond acceptors (Lipinski definition) is 3. The molecule has 0 aromatic carbocycles. The lowest BCUT2D eigenvalue weighted by Crippen LogP contribution is -1.99. The average Bonchev–Trinajstić information content (AvgIpc) is 3.13. The molecule has 1 unspecified atom stereocenters. The van der Waals surface area contributed by atoms with E-state index in [0.717, 1.165) is 22.7 Å². The van der Waals surface area contributed by atoms with Crippen molar-refractivity contribution in [1.82, 2.24) is 15.2 Å². The highest BCUT2D eigenvalue weighted by atomic mass is 15.2. The van der Waals surface area contributed by atoms with Crippen molar-refractivity contribution >= 4 is 5.82 Å². The molecule has 1 aliphatic carbocycles. The second-order valence-electron chi connectivity index (χ2n) is 4.77. The number of nitrogens with two attached hydrogens (primary N) is 1. The number of nitrogens with one attached hydrogen (secondary N) is 1. The third kappa shape index (κ3) is 1.79. The van der Waals surface area contributed by atoms with Gasteiger partial charge in [0.15, 0.2) is 5.82 Å². The summed E-state index contributed by atoms with van der Waals surface area (Å²) in [6, 6.07) is 3.95. The second-order valence-corrected chi connectivity index (χ2v) is 4.77. The van der Waals surface area contributed by atoms with Gasteiger partial charge in [0.05, 0.1) is 0 Å². The third-order valence-electron chi connectivity index (χ3n) is 3.56. The fourth-order valence-corrected chi connectivity index (χ4v) is 2.35. The third-order valence-corrected chi connectivity index (χ3v) is 3.56. The minimum absolute atomic E-state index is 0.495. The number of nitrogen functional groups attached to an aromatic ring is 1. The maximum atomic E-state index is 5.96. The van der Waals surface area contributed by atoms with Crippen LogP contribution in [0.5, 0.6) is 0 Å². The summed E-state index contributed by atoms with van der Waals surface area (Å²) in [5, 5.41) is 7.24. The SMILES string of the molecule is CC(c1[nH]nc(N)c1-c1cccnc1)C1CC1. The zero-order valence-electron chi connectivity index (χ0n) is 9.85. The van der Waals surface area contributed by atoms with E-state index in [9.17, 15) is 0 Å². The van der Waals surface area contributed by atoms with Crippen molar-refractivity contribution < 1.29 is 0 Å². The smallest absolute Gasteiger partial charge is 0.153 e. The molecule has 4 heteroatoms. The van der Waals surface area contributed by atoms with Crippen LogP contribution in [0.4, 0.5) is 5.82 Å². The molecule has 0 amide bonds. The monoisotopic (exact) mass is 228 g/mol. The summed E-state index contributed by atoms with van der Waals surface area (Å²) in [5.41, 5.74) is 9.18. The van der Waals surface area contributed by atoms with Gasteiger partial charge in [-0.25, -0.2) is 0 Å². The van der Waals surface area contributed by atoms with Gasteiger partial charge in [0.2, 0.25) is 0 Å². The highest BCUT2D eigenvalue weighted by Gasteiger charge is 2.32. The molecule has 88 valence electrons. The molecule has 0 radical (unpaired) electrons. The summed E-state index contributed by atoms with van der Waals surface area (Å²) in [6.07, 6.45) is 6.23. The predicted molar refractivity (Wildman–Crippen MR) is 67.4 cm³/mol. The lowest BCUT2D eigenvalue weighted by Gasteiger charge is -2.10. The lowest BCUT2D eigenvalue weighted by atomic mass is 9.95. The van der Waals surface area contributed by atoms with Gasteiger partial charge < -0.3 is 5.73 Å². The second kappa shape index (κ2) is 3.87. The molecule has 1 aliphatic rings.